The van der Waals surface area contributed by atoms with Crippen LogP contribution in [0.2, 0.25) is 5.02 Å². The molecule has 1 atom stereocenters. The fourth-order valence-corrected chi connectivity index (χ4v) is 2.78. The fraction of sp³-hybridized carbons (Fsp3) is 0.200. The van der Waals surface area contributed by atoms with Crippen LogP contribution in [0.1, 0.15) is 12.5 Å². The lowest BCUT2D eigenvalue weighted by Crippen LogP contribution is -2.33. The zero-order chi connectivity index (χ0) is 20.3. The number of benzene rings is 2. The summed E-state index contributed by atoms with van der Waals surface area (Å²) in [5, 5.41) is 3.56. The number of anilines is 1. The summed E-state index contributed by atoms with van der Waals surface area (Å²) in [6, 6.07) is 11.9. The number of halogens is 1. The molecule has 0 aliphatic carbocycles. The number of carbonyl (C=O) groups is 2. The van der Waals surface area contributed by atoms with Crippen molar-refractivity contribution in [2.75, 3.05) is 5.32 Å². The molecule has 0 fully saturated rings. The van der Waals surface area contributed by atoms with Crippen LogP contribution < -0.4 is 10.9 Å². The molecule has 28 heavy (non-hydrogen) atoms. The van der Waals surface area contributed by atoms with Crippen molar-refractivity contribution in [2.45, 2.75) is 26.5 Å². The molecule has 0 spiro atoms. The van der Waals surface area contributed by atoms with Crippen LogP contribution in [0, 0.1) is 6.92 Å². The molecule has 7 nitrogen and oxygen atoms in total. The van der Waals surface area contributed by atoms with Gasteiger partial charge in [0.1, 0.15) is 6.54 Å². The van der Waals surface area contributed by atoms with Gasteiger partial charge in [-0.05, 0) is 43.7 Å². The molecule has 0 saturated carbocycles. The van der Waals surface area contributed by atoms with Crippen LogP contribution in [0.15, 0.2) is 53.6 Å². The maximum Gasteiger partial charge on any atom is 0.326 e. The van der Waals surface area contributed by atoms with Crippen LogP contribution in [0.4, 0.5) is 5.69 Å². The summed E-state index contributed by atoms with van der Waals surface area (Å²) < 4.78 is 6.30. The van der Waals surface area contributed by atoms with Gasteiger partial charge in [0.15, 0.2) is 6.10 Å². The van der Waals surface area contributed by atoms with Crippen LogP contribution >= 0.6 is 11.6 Å². The largest absolute Gasteiger partial charge is 0.451 e. The minimum Gasteiger partial charge on any atom is -0.451 e. The van der Waals surface area contributed by atoms with Crippen LogP contribution in [-0.2, 0) is 20.9 Å². The third-order valence-corrected chi connectivity index (χ3v) is 4.40. The Morgan fingerprint density at radius 3 is 2.79 bits per heavy atom. The molecular weight excluding hydrogens is 382 g/mol. The van der Waals surface area contributed by atoms with Gasteiger partial charge >= 0.3 is 5.97 Å². The van der Waals surface area contributed by atoms with Gasteiger partial charge < -0.3 is 10.1 Å². The van der Waals surface area contributed by atoms with Gasteiger partial charge in [0.2, 0.25) is 0 Å². The molecule has 1 aromatic heterocycles. The number of hydrogen-bond donors (Lipinski definition) is 1. The number of nitrogens with zero attached hydrogens (tertiary/aromatic N) is 2. The summed E-state index contributed by atoms with van der Waals surface area (Å²) in [6.07, 6.45) is 0.237. The van der Waals surface area contributed by atoms with E-state index in [0.29, 0.717) is 21.6 Å². The lowest BCUT2D eigenvalue weighted by atomic mass is 10.2. The van der Waals surface area contributed by atoms with Gasteiger partial charge in [0, 0.05) is 10.7 Å². The second kappa shape index (κ2) is 8.22. The van der Waals surface area contributed by atoms with Gasteiger partial charge in [-0.2, -0.15) is 0 Å². The zero-order valence-electron chi connectivity index (χ0n) is 15.3. The molecular formula is C20H18ClN3O4. The number of rotatable bonds is 5. The highest BCUT2D eigenvalue weighted by molar-refractivity contribution is 6.31. The smallest absolute Gasteiger partial charge is 0.326 e. The molecule has 3 rings (SSSR count). The average Bonchev–Trinajstić information content (AvgIpc) is 2.67. The minimum absolute atomic E-state index is 0.343. The van der Waals surface area contributed by atoms with E-state index in [-0.39, 0.29) is 12.1 Å². The number of ether oxygens (including phenoxy) is 1. The third kappa shape index (κ3) is 4.37. The average molecular weight is 400 g/mol. The van der Waals surface area contributed by atoms with Gasteiger partial charge in [-0.25, -0.2) is 4.98 Å². The van der Waals surface area contributed by atoms with E-state index in [9.17, 15) is 14.4 Å². The van der Waals surface area contributed by atoms with Crippen LogP contribution in [0.5, 0.6) is 0 Å². The number of nitrogens with one attached hydrogen (secondary N) is 1. The molecule has 144 valence electrons. The van der Waals surface area contributed by atoms with Crippen molar-refractivity contribution in [3.63, 3.8) is 0 Å². The lowest BCUT2D eigenvalue weighted by Gasteiger charge is -2.15. The summed E-state index contributed by atoms with van der Waals surface area (Å²) in [7, 11) is 0. The monoisotopic (exact) mass is 399 g/mol. The van der Waals surface area contributed by atoms with Crippen molar-refractivity contribution >= 4 is 40.1 Å². The number of hydrogen-bond acceptors (Lipinski definition) is 5. The molecule has 8 heteroatoms. The Hall–Kier alpha value is -3.19. The number of carbonyl (C=O) groups excluding carboxylic acids is 2. The molecule has 3 aromatic rings. The maximum absolute atomic E-state index is 12.4. The van der Waals surface area contributed by atoms with Crippen molar-refractivity contribution in [3.8, 4) is 0 Å². The molecule has 0 unspecified atom stereocenters. The first-order chi connectivity index (χ1) is 13.3. The van der Waals surface area contributed by atoms with E-state index in [2.05, 4.69) is 10.3 Å². The molecule has 0 bridgehead atoms. The maximum atomic E-state index is 12.4. The Labute approximate surface area is 165 Å². The first kappa shape index (κ1) is 19.6. The van der Waals surface area contributed by atoms with E-state index in [4.69, 9.17) is 16.3 Å². The van der Waals surface area contributed by atoms with Gasteiger partial charge in [-0.15, -0.1) is 0 Å². The number of fused-ring (bicyclic) bond motifs is 1. The highest BCUT2D eigenvalue weighted by Gasteiger charge is 2.19. The third-order valence-electron chi connectivity index (χ3n) is 4.17. The second-order valence-corrected chi connectivity index (χ2v) is 6.71. The SMILES string of the molecule is Cc1ccc(Cl)cc1NC(=O)[C@@H](C)OC(=O)Cn1cnc2ccccc2c1=O. The molecule has 0 radical (unpaired) electrons. The molecule has 0 aliphatic heterocycles. The fourth-order valence-electron chi connectivity index (χ4n) is 2.61. The molecule has 2 aromatic carbocycles. The number of para-hydroxylation sites is 1. The normalized spacial score (nSPS) is 11.8. The summed E-state index contributed by atoms with van der Waals surface area (Å²) >= 11 is 5.94. The summed E-state index contributed by atoms with van der Waals surface area (Å²) in [4.78, 5) is 41.0. The summed E-state index contributed by atoms with van der Waals surface area (Å²) in [5.41, 5.74) is 1.55. The Morgan fingerprint density at radius 2 is 2.00 bits per heavy atom. The van der Waals surface area contributed by atoms with E-state index in [1.807, 2.05) is 6.92 Å². The van der Waals surface area contributed by atoms with Crippen molar-refractivity contribution in [3.05, 3.63) is 69.7 Å². The van der Waals surface area contributed by atoms with Crippen LogP contribution in [-0.4, -0.2) is 27.5 Å². The van der Waals surface area contributed by atoms with E-state index in [1.54, 1.807) is 42.5 Å². The highest BCUT2D eigenvalue weighted by atomic mass is 35.5. The van der Waals surface area contributed by atoms with Crippen molar-refractivity contribution in [1.82, 2.24) is 9.55 Å². The molecule has 1 N–H and O–H groups in total. The molecule has 0 aliphatic rings. The summed E-state index contributed by atoms with van der Waals surface area (Å²) in [6.45, 7) is 2.93. The number of aryl methyl sites for hydroxylation is 1. The van der Waals surface area contributed by atoms with Gasteiger partial charge in [-0.1, -0.05) is 29.8 Å². The minimum atomic E-state index is -1.05. The van der Waals surface area contributed by atoms with Crippen molar-refractivity contribution in [1.29, 1.82) is 0 Å². The first-order valence-electron chi connectivity index (χ1n) is 8.56. The predicted molar refractivity (Wildman–Crippen MR) is 106 cm³/mol. The van der Waals surface area contributed by atoms with Crippen molar-refractivity contribution in [2.24, 2.45) is 0 Å². The van der Waals surface area contributed by atoms with Gasteiger partial charge in [0.25, 0.3) is 11.5 Å². The Kier molecular flexibility index (Phi) is 5.75. The van der Waals surface area contributed by atoms with E-state index >= 15 is 0 Å². The highest BCUT2D eigenvalue weighted by Crippen LogP contribution is 2.20. The summed E-state index contributed by atoms with van der Waals surface area (Å²) in [5.74, 6) is -1.22. The zero-order valence-corrected chi connectivity index (χ0v) is 16.1. The van der Waals surface area contributed by atoms with Gasteiger partial charge in [0.05, 0.1) is 17.2 Å². The lowest BCUT2D eigenvalue weighted by molar-refractivity contribution is -0.153. The van der Waals surface area contributed by atoms with E-state index in [1.165, 1.54) is 13.3 Å². The van der Waals surface area contributed by atoms with Crippen LogP contribution in [0.25, 0.3) is 10.9 Å². The standard InChI is InChI=1S/C20H18ClN3O4/c1-12-7-8-14(21)9-17(12)23-19(26)13(2)28-18(25)10-24-11-22-16-6-4-3-5-15(16)20(24)27/h3-9,11,13H,10H2,1-2H3,(H,23,26)/t13-/m1/s1. The van der Waals surface area contributed by atoms with Gasteiger partial charge in [-0.3, -0.25) is 19.0 Å². The van der Waals surface area contributed by atoms with Crippen molar-refractivity contribution < 1.29 is 14.3 Å². The number of aromatic nitrogens is 2. The van der Waals surface area contributed by atoms with Crippen LogP contribution in [0.3, 0.4) is 0 Å². The predicted octanol–water partition coefficient (Wildman–Crippen LogP) is 2.93. The van der Waals surface area contributed by atoms with E-state index in [0.717, 1.165) is 10.1 Å². The Bertz CT molecular complexity index is 1110. The van der Waals surface area contributed by atoms with E-state index < -0.39 is 18.0 Å². The second-order valence-electron chi connectivity index (χ2n) is 6.28. The molecule has 1 amide bonds. The Balaban J connectivity index is 1.66. The first-order valence-corrected chi connectivity index (χ1v) is 8.93. The molecule has 1 heterocycles. The Morgan fingerprint density at radius 1 is 1.25 bits per heavy atom. The number of amides is 1. The molecule has 0 saturated heterocycles. The number of esters is 1. The quantitative estimate of drug-likeness (QED) is 0.666. The topological polar surface area (TPSA) is 90.3 Å².